The van der Waals surface area contributed by atoms with Crippen LogP contribution in [0.1, 0.15) is 46.5 Å². The molecule has 0 N–H and O–H groups in total. The van der Waals surface area contributed by atoms with Crippen molar-refractivity contribution in [1.82, 2.24) is 0 Å². The van der Waals surface area contributed by atoms with Crippen molar-refractivity contribution in [1.29, 1.82) is 0 Å². The van der Waals surface area contributed by atoms with Crippen LogP contribution in [0.5, 0.6) is 0 Å². The molecule has 1 saturated carbocycles. The first-order valence-electron chi connectivity index (χ1n) is 6.84. The predicted molar refractivity (Wildman–Crippen MR) is 76.1 cm³/mol. The lowest BCUT2D eigenvalue weighted by Gasteiger charge is -2.32. The molecule has 0 radical (unpaired) electrons. The summed E-state index contributed by atoms with van der Waals surface area (Å²) in [4.78, 5) is 0. The van der Waals surface area contributed by atoms with E-state index in [2.05, 4.69) is 6.92 Å². The van der Waals surface area contributed by atoms with E-state index in [4.69, 9.17) is 13.6 Å². The highest BCUT2D eigenvalue weighted by Gasteiger charge is 2.35. The maximum atomic E-state index is 12.4. The van der Waals surface area contributed by atoms with Gasteiger partial charge in [-0.1, -0.05) is 19.8 Å². The van der Waals surface area contributed by atoms with Gasteiger partial charge in [0.2, 0.25) is 0 Å². The summed E-state index contributed by atoms with van der Waals surface area (Å²) >= 11 is 1.88. The molecule has 6 heteroatoms. The molecule has 0 saturated heterocycles. The van der Waals surface area contributed by atoms with E-state index in [-0.39, 0.29) is 6.10 Å². The maximum absolute atomic E-state index is 12.4. The third-order valence-corrected chi connectivity index (χ3v) is 5.84. The molecule has 2 atom stereocenters. The van der Waals surface area contributed by atoms with Crippen molar-refractivity contribution in [3.05, 3.63) is 0 Å². The van der Waals surface area contributed by atoms with Crippen LogP contribution in [0.25, 0.3) is 0 Å². The Bertz CT molecular complexity index is 263. The van der Waals surface area contributed by atoms with Gasteiger partial charge in [0.05, 0.1) is 19.3 Å². The topological polar surface area (TPSA) is 44.8 Å². The Hall–Kier alpha value is 0.460. The second-order valence-electron chi connectivity index (χ2n) is 4.20. The number of phosphoric ester groups is 1. The van der Waals surface area contributed by atoms with Crippen molar-refractivity contribution in [2.75, 3.05) is 19.0 Å². The van der Waals surface area contributed by atoms with Crippen LogP contribution in [0, 0.1) is 0 Å². The summed E-state index contributed by atoms with van der Waals surface area (Å²) in [7, 11) is -3.36. The van der Waals surface area contributed by atoms with E-state index in [9.17, 15) is 4.57 Å². The van der Waals surface area contributed by atoms with Gasteiger partial charge in [-0.15, -0.1) is 0 Å². The minimum atomic E-state index is -3.36. The van der Waals surface area contributed by atoms with Crippen LogP contribution in [0.3, 0.4) is 0 Å². The van der Waals surface area contributed by atoms with Gasteiger partial charge >= 0.3 is 7.82 Å². The molecule has 18 heavy (non-hydrogen) atoms. The quantitative estimate of drug-likeness (QED) is 0.627. The highest BCUT2D eigenvalue weighted by Crippen LogP contribution is 2.52. The summed E-state index contributed by atoms with van der Waals surface area (Å²) in [6, 6.07) is 0. The largest absolute Gasteiger partial charge is 0.475 e. The average molecular weight is 296 g/mol. The second kappa shape index (κ2) is 8.60. The number of phosphoric acid groups is 1. The van der Waals surface area contributed by atoms with Gasteiger partial charge in [-0.3, -0.25) is 13.6 Å². The molecule has 108 valence electrons. The van der Waals surface area contributed by atoms with Gasteiger partial charge in [0.25, 0.3) is 0 Å². The van der Waals surface area contributed by atoms with Gasteiger partial charge in [0.15, 0.2) is 0 Å². The number of rotatable bonds is 8. The summed E-state index contributed by atoms with van der Waals surface area (Å²) in [6.45, 7) is 6.43. The molecule has 1 rings (SSSR count). The zero-order valence-corrected chi connectivity index (χ0v) is 13.3. The minimum absolute atomic E-state index is 0.00682. The maximum Gasteiger partial charge on any atom is 0.475 e. The molecule has 4 nitrogen and oxygen atoms in total. The van der Waals surface area contributed by atoms with E-state index in [0.717, 1.165) is 25.0 Å². The lowest BCUT2D eigenvalue weighted by atomic mass is 9.97. The zero-order valence-electron chi connectivity index (χ0n) is 11.6. The Morgan fingerprint density at radius 1 is 1.11 bits per heavy atom. The number of hydrogen-bond acceptors (Lipinski definition) is 5. The van der Waals surface area contributed by atoms with Crippen LogP contribution in [0.15, 0.2) is 0 Å². The molecule has 0 amide bonds. The van der Waals surface area contributed by atoms with Crippen LogP contribution in [-0.2, 0) is 18.1 Å². The van der Waals surface area contributed by atoms with Crippen molar-refractivity contribution in [2.24, 2.45) is 0 Å². The Balaban J connectivity index is 2.62. The zero-order chi connectivity index (χ0) is 13.4. The van der Waals surface area contributed by atoms with Crippen LogP contribution in [0.2, 0.25) is 0 Å². The third kappa shape index (κ3) is 5.22. The molecular formula is C12H25O4PS. The molecule has 1 fully saturated rings. The fraction of sp³-hybridized carbons (Fsp3) is 1.00. The van der Waals surface area contributed by atoms with Crippen molar-refractivity contribution in [3.8, 4) is 0 Å². The van der Waals surface area contributed by atoms with E-state index >= 15 is 0 Å². The van der Waals surface area contributed by atoms with E-state index in [1.165, 1.54) is 6.42 Å². The van der Waals surface area contributed by atoms with Crippen LogP contribution >= 0.6 is 19.6 Å². The van der Waals surface area contributed by atoms with Crippen LogP contribution in [0.4, 0.5) is 0 Å². The Morgan fingerprint density at radius 3 is 2.28 bits per heavy atom. The normalized spacial score (nSPS) is 25.3. The van der Waals surface area contributed by atoms with E-state index in [0.29, 0.717) is 18.5 Å². The van der Waals surface area contributed by atoms with E-state index < -0.39 is 7.82 Å². The smallest absolute Gasteiger partial charge is 0.287 e. The van der Waals surface area contributed by atoms with Gasteiger partial charge in [-0.25, -0.2) is 4.57 Å². The fourth-order valence-corrected chi connectivity index (χ4v) is 4.83. The van der Waals surface area contributed by atoms with E-state index in [1.807, 2.05) is 11.8 Å². The molecule has 1 aliphatic carbocycles. The summed E-state index contributed by atoms with van der Waals surface area (Å²) in [6.07, 6.45) is 4.42. The number of hydrogen-bond donors (Lipinski definition) is 0. The van der Waals surface area contributed by atoms with Crippen LogP contribution < -0.4 is 0 Å². The molecule has 0 aliphatic heterocycles. The fourth-order valence-electron chi connectivity index (χ4n) is 2.17. The molecule has 0 aromatic carbocycles. The lowest BCUT2D eigenvalue weighted by Crippen LogP contribution is -2.30. The van der Waals surface area contributed by atoms with Crippen molar-refractivity contribution >= 4 is 19.6 Å². The molecule has 0 heterocycles. The Kier molecular flexibility index (Phi) is 7.89. The monoisotopic (exact) mass is 296 g/mol. The highest BCUT2D eigenvalue weighted by molar-refractivity contribution is 7.99. The van der Waals surface area contributed by atoms with Gasteiger partial charge in [-0.2, -0.15) is 11.8 Å². The van der Waals surface area contributed by atoms with Gasteiger partial charge in [-0.05, 0) is 32.4 Å². The second-order valence-corrected chi connectivity index (χ2v) is 7.34. The predicted octanol–water partition coefficient (Wildman–Crippen LogP) is 4.25. The van der Waals surface area contributed by atoms with Crippen molar-refractivity contribution < 1.29 is 18.1 Å². The summed E-state index contributed by atoms with van der Waals surface area (Å²) in [5, 5.41) is 0.415. The molecule has 0 unspecified atom stereocenters. The summed E-state index contributed by atoms with van der Waals surface area (Å²) in [5.41, 5.74) is 0. The SMILES string of the molecule is CCOP(=O)(OCC)O[C@H]1CCCC[C@@H]1SCC. The third-order valence-electron chi connectivity index (χ3n) is 2.86. The standard InChI is InChI=1S/C12H25O4PS/c1-4-14-17(13,15-5-2)16-11-9-7-8-10-12(11)18-6-3/h11-12H,4-10H2,1-3H3/t11-,12-/m0/s1. The lowest BCUT2D eigenvalue weighted by molar-refractivity contribution is 0.0695. The van der Waals surface area contributed by atoms with Gasteiger partial charge < -0.3 is 0 Å². The molecular weight excluding hydrogens is 271 g/mol. The van der Waals surface area contributed by atoms with Crippen molar-refractivity contribution in [2.45, 2.75) is 57.8 Å². The first-order valence-corrected chi connectivity index (χ1v) is 9.35. The molecule has 0 spiro atoms. The summed E-state index contributed by atoms with van der Waals surface area (Å²) in [5.74, 6) is 1.05. The molecule has 0 aromatic rings. The highest BCUT2D eigenvalue weighted by atomic mass is 32.2. The van der Waals surface area contributed by atoms with Gasteiger partial charge in [0, 0.05) is 5.25 Å². The first-order chi connectivity index (χ1) is 8.65. The Labute approximate surface area is 115 Å². The minimum Gasteiger partial charge on any atom is -0.287 e. The molecule has 0 bridgehead atoms. The summed E-state index contributed by atoms with van der Waals surface area (Å²) < 4.78 is 28.5. The van der Waals surface area contributed by atoms with Gasteiger partial charge in [0.1, 0.15) is 0 Å². The molecule has 0 aromatic heterocycles. The molecule has 1 aliphatic rings. The number of thioether (sulfide) groups is 1. The average Bonchev–Trinajstić information content (AvgIpc) is 2.32. The van der Waals surface area contributed by atoms with E-state index in [1.54, 1.807) is 13.8 Å². The Morgan fingerprint density at radius 2 is 1.72 bits per heavy atom. The van der Waals surface area contributed by atoms with Crippen LogP contribution in [-0.4, -0.2) is 30.3 Å². The van der Waals surface area contributed by atoms with Crippen molar-refractivity contribution in [3.63, 3.8) is 0 Å². The first kappa shape index (κ1) is 16.5.